The Labute approximate surface area is 193 Å². The molecule has 2 heterocycles. The minimum absolute atomic E-state index is 0.00589. The number of halogens is 2. The van der Waals surface area contributed by atoms with Gasteiger partial charge in [0.05, 0.1) is 24.5 Å². The van der Waals surface area contributed by atoms with Crippen LogP contribution < -0.4 is 9.64 Å². The average molecular weight is 463 g/mol. The minimum atomic E-state index is -1.26. The van der Waals surface area contributed by atoms with Crippen molar-refractivity contribution < 1.29 is 28.5 Å². The largest absolute Gasteiger partial charge is 0.490 e. The number of hydrogen-bond acceptors (Lipinski definition) is 6. The zero-order valence-electron chi connectivity index (χ0n) is 19.0. The standard InChI is InChI=1S/C25H32F2N2O4/c1-19-14-20(6-7-21(19)26)33-18-25(31)16-28(12-13-32-17-25)15-24(30)8-10-29(11-9-24)23-5-3-2-4-22(23)27/h2-7,14,30-31H,8-13,15-18H2,1H3/t25-/m1/s1. The summed E-state index contributed by atoms with van der Waals surface area (Å²) in [6.07, 6.45) is 1.00. The first-order valence-electron chi connectivity index (χ1n) is 11.4. The van der Waals surface area contributed by atoms with E-state index in [4.69, 9.17) is 9.47 Å². The van der Waals surface area contributed by atoms with Crippen LogP contribution in [0.1, 0.15) is 18.4 Å². The van der Waals surface area contributed by atoms with E-state index in [0.29, 0.717) is 62.6 Å². The third-order valence-electron chi connectivity index (χ3n) is 6.48. The molecule has 2 fully saturated rings. The highest BCUT2D eigenvalue weighted by atomic mass is 19.1. The highest BCUT2D eigenvalue weighted by molar-refractivity contribution is 5.48. The molecule has 0 spiro atoms. The SMILES string of the molecule is Cc1cc(OC[C@]2(O)COCCN(CC3(O)CCN(c4ccccc4F)CC3)C2)ccc1F. The maximum absolute atomic E-state index is 14.1. The van der Waals surface area contributed by atoms with Crippen molar-refractivity contribution >= 4 is 5.69 Å². The fraction of sp³-hybridized carbons (Fsp3) is 0.520. The van der Waals surface area contributed by atoms with E-state index < -0.39 is 11.2 Å². The molecule has 2 aromatic carbocycles. The van der Waals surface area contributed by atoms with Gasteiger partial charge in [-0.2, -0.15) is 0 Å². The van der Waals surface area contributed by atoms with Crippen LogP contribution in [-0.4, -0.2) is 78.9 Å². The van der Waals surface area contributed by atoms with Crippen LogP contribution >= 0.6 is 0 Å². The summed E-state index contributed by atoms with van der Waals surface area (Å²) in [7, 11) is 0. The topological polar surface area (TPSA) is 65.4 Å². The van der Waals surface area contributed by atoms with E-state index in [9.17, 15) is 19.0 Å². The molecule has 0 aliphatic carbocycles. The van der Waals surface area contributed by atoms with Crippen LogP contribution in [0.3, 0.4) is 0 Å². The summed E-state index contributed by atoms with van der Waals surface area (Å²) in [5, 5.41) is 22.4. The Hall–Kier alpha value is -2.26. The van der Waals surface area contributed by atoms with Gasteiger partial charge < -0.3 is 24.6 Å². The lowest BCUT2D eigenvalue weighted by Crippen LogP contribution is -2.55. The van der Waals surface area contributed by atoms with Crippen molar-refractivity contribution in [3.05, 3.63) is 59.7 Å². The van der Waals surface area contributed by atoms with Gasteiger partial charge in [-0.1, -0.05) is 12.1 Å². The van der Waals surface area contributed by atoms with Gasteiger partial charge in [-0.25, -0.2) is 8.78 Å². The molecular weight excluding hydrogens is 430 g/mol. The molecule has 0 saturated carbocycles. The molecule has 0 amide bonds. The number of rotatable bonds is 6. The Morgan fingerprint density at radius 1 is 1.00 bits per heavy atom. The first-order valence-corrected chi connectivity index (χ1v) is 11.4. The first kappa shape index (κ1) is 23.9. The lowest BCUT2D eigenvalue weighted by atomic mass is 9.90. The molecule has 33 heavy (non-hydrogen) atoms. The molecule has 0 unspecified atom stereocenters. The van der Waals surface area contributed by atoms with E-state index in [2.05, 4.69) is 0 Å². The predicted octanol–water partition coefficient (Wildman–Crippen LogP) is 2.75. The van der Waals surface area contributed by atoms with Gasteiger partial charge in [0.15, 0.2) is 0 Å². The summed E-state index contributed by atoms with van der Waals surface area (Å²) >= 11 is 0. The number of anilines is 1. The number of nitrogens with zero attached hydrogens (tertiary/aromatic N) is 2. The number of β-amino-alcohol motifs (C(OH)–C–C–N with tert-alkyl or cyclic N) is 2. The fourth-order valence-corrected chi connectivity index (χ4v) is 4.59. The zero-order chi connectivity index (χ0) is 23.5. The van der Waals surface area contributed by atoms with Gasteiger partial charge in [-0.3, -0.25) is 4.90 Å². The van der Waals surface area contributed by atoms with Crippen LogP contribution in [0.2, 0.25) is 0 Å². The van der Waals surface area contributed by atoms with Crippen molar-refractivity contribution in [2.24, 2.45) is 0 Å². The van der Waals surface area contributed by atoms with E-state index in [1.807, 2.05) is 15.9 Å². The molecule has 6 nitrogen and oxygen atoms in total. The summed E-state index contributed by atoms with van der Waals surface area (Å²) in [6, 6.07) is 11.2. The van der Waals surface area contributed by atoms with Crippen LogP contribution in [0.5, 0.6) is 5.75 Å². The maximum atomic E-state index is 14.1. The van der Waals surface area contributed by atoms with E-state index in [1.54, 1.807) is 25.1 Å². The zero-order valence-corrected chi connectivity index (χ0v) is 19.0. The van der Waals surface area contributed by atoms with Crippen molar-refractivity contribution in [2.45, 2.75) is 31.0 Å². The van der Waals surface area contributed by atoms with Crippen molar-refractivity contribution in [1.29, 1.82) is 0 Å². The highest BCUT2D eigenvalue weighted by Crippen LogP contribution is 2.29. The quantitative estimate of drug-likeness (QED) is 0.689. The molecule has 2 aromatic rings. The second kappa shape index (κ2) is 9.93. The van der Waals surface area contributed by atoms with Gasteiger partial charge in [0.25, 0.3) is 0 Å². The van der Waals surface area contributed by atoms with Gasteiger partial charge in [-0.05, 0) is 55.7 Å². The van der Waals surface area contributed by atoms with Crippen molar-refractivity contribution in [1.82, 2.24) is 4.90 Å². The summed E-state index contributed by atoms with van der Waals surface area (Å²) in [5.74, 6) is -0.0781. The predicted molar refractivity (Wildman–Crippen MR) is 122 cm³/mol. The van der Waals surface area contributed by atoms with Gasteiger partial charge >= 0.3 is 0 Å². The maximum Gasteiger partial charge on any atom is 0.146 e. The van der Waals surface area contributed by atoms with Crippen LogP contribution in [-0.2, 0) is 4.74 Å². The second-order valence-corrected chi connectivity index (χ2v) is 9.35. The Balaban J connectivity index is 1.34. The smallest absolute Gasteiger partial charge is 0.146 e. The minimum Gasteiger partial charge on any atom is -0.490 e. The van der Waals surface area contributed by atoms with E-state index in [0.717, 1.165) is 0 Å². The Morgan fingerprint density at radius 3 is 2.48 bits per heavy atom. The van der Waals surface area contributed by atoms with Crippen molar-refractivity contribution in [3.63, 3.8) is 0 Å². The third-order valence-corrected chi connectivity index (χ3v) is 6.48. The molecule has 0 aromatic heterocycles. The molecule has 2 N–H and O–H groups in total. The summed E-state index contributed by atoms with van der Waals surface area (Å²) < 4.78 is 39.0. The normalized spacial score (nSPS) is 23.8. The lowest BCUT2D eigenvalue weighted by Gasteiger charge is -2.42. The molecule has 4 rings (SSSR count). The molecule has 8 heteroatoms. The van der Waals surface area contributed by atoms with Crippen LogP contribution in [0, 0.1) is 18.6 Å². The van der Waals surface area contributed by atoms with Crippen molar-refractivity contribution in [2.75, 3.05) is 57.4 Å². The molecular formula is C25H32F2N2O4. The highest BCUT2D eigenvalue weighted by Gasteiger charge is 2.39. The number of ether oxygens (including phenoxy) is 2. The molecule has 1 atom stereocenters. The van der Waals surface area contributed by atoms with Crippen LogP contribution in [0.25, 0.3) is 0 Å². The first-order chi connectivity index (χ1) is 15.8. The molecule has 2 saturated heterocycles. The van der Waals surface area contributed by atoms with Crippen molar-refractivity contribution in [3.8, 4) is 5.75 Å². The Kier molecular flexibility index (Phi) is 7.19. The van der Waals surface area contributed by atoms with Gasteiger partial charge in [0.1, 0.15) is 29.6 Å². The monoisotopic (exact) mass is 462 g/mol. The number of piperidine rings is 1. The summed E-state index contributed by atoms with van der Waals surface area (Å²) in [5.41, 5.74) is -1.15. The summed E-state index contributed by atoms with van der Waals surface area (Å²) in [6.45, 7) is 4.57. The lowest BCUT2D eigenvalue weighted by molar-refractivity contribution is -0.0742. The van der Waals surface area contributed by atoms with E-state index in [-0.39, 0.29) is 31.4 Å². The number of benzene rings is 2. The molecule has 2 aliphatic heterocycles. The van der Waals surface area contributed by atoms with Crippen LogP contribution in [0.15, 0.2) is 42.5 Å². The second-order valence-electron chi connectivity index (χ2n) is 9.35. The average Bonchev–Trinajstić information content (AvgIpc) is 2.97. The Bertz CT molecular complexity index is 952. The fourth-order valence-electron chi connectivity index (χ4n) is 4.59. The number of aliphatic hydroxyl groups is 2. The number of para-hydroxylation sites is 1. The number of aryl methyl sites for hydroxylation is 1. The Morgan fingerprint density at radius 2 is 1.76 bits per heavy atom. The molecule has 0 bridgehead atoms. The van der Waals surface area contributed by atoms with E-state index in [1.165, 1.54) is 18.2 Å². The molecule has 180 valence electrons. The van der Waals surface area contributed by atoms with Gasteiger partial charge in [0.2, 0.25) is 0 Å². The molecule has 2 aliphatic rings. The van der Waals surface area contributed by atoms with E-state index >= 15 is 0 Å². The van der Waals surface area contributed by atoms with Gasteiger partial charge in [0, 0.05) is 32.7 Å². The molecule has 0 radical (unpaired) electrons. The number of hydrogen-bond donors (Lipinski definition) is 2. The van der Waals surface area contributed by atoms with Crippen LogP contribution in [0.4, 0.5) is 14.5 Å². The third kappa shape index (κ3) is 6.00. The summed E-state index contributed by atoms with van der Waals surface area (Å²) in [4.78, 5) is 3.97. The van der Waals surface area contributed by atoms with Gasteiger partial charge in [-0.15, -0.1) is 0 Å².